The predicted molar refractivity (Wildman–Crippen MR) is 68.6 cm³/mol. The van der Waals surface area contributed by atoms with Crippen molar-refractivity contribution in [3.63, 3.8) is 0 Å². The van der Waals surface area contributed by atoms with E-state index in [1.54, 1.807) is 11.3 Å². The Hall–Kier alpha value is -0.450. The maximum atomic E-state index is 6.10. The van der Waals surface area contributed by atoms with E-state index in [1.165, 1.54) is 23.5 Å². The van der Waals surface area contributed by atoms with Crippen molar-refractivity contribution < 1.29 is 0 Å². The van der Waals surface area contributed by atoms with Crippen molar-refractivity contribution in [2.24, 2.45) is 5.73 Å². The van der Waals surface area contributed by atoms with Crippen LogP contribution in [-0.4, -0.2) is 23.0 Å². The van der Waals surface area contributed by atoms with Gasteiger partial charge in [-0.05, 0) is 26.8 Å². The van der Waals surface area contributed by atoms with Gasteiger partial charge in [0.1, 0.15) is 5.01 Å². The molecule has 1 aliphatic rings. The van der Waals surface area contributed by atoms with Crippen LogP contribution in [0.4, 0.5) is 0 Å². The number of aromatic nitrogens is 1. The number of rotatable bonds is 3. The van der Waals surface area contributed by atoms with Gasteiger partial charge in [0, 0.05) is 24.4 Å². The lowest BCUT2D eigenvalue weighted by molar-refractivity contribution is 0.256. The van der Waals surface area contributed by atoms with Crippen molar-refractivity contribution in [2.45, 2.75) is 45.7 Å². The van der Waals surface area contributed by atoms with E-state index < -0.39 is 0 Å². The molecule has 0 bridgehead atoms. The van der Waals surface area contributed by atoms with E-state index in [0.717, 1.165) is 24.5 Å². The number of nitrogens with zero attached hydrogens (tertiary/aromatic N) is 2. The van der Waals surface area contributed by atoms with Gasteiger partial charge in [-0.1, -0.05) is 6.92 Å². The predicted octanol–water partition coefficient (Wildman–Crippen LogP) is 2.11. The third-order valence-corrected chi connectivity index (χ3v) is 4.32. The molecule has 0 amide bonds. The molecular weight excluding hydrogens is 218 g/mol. The molecule has 0 aromatic carbocycles. The molecule has 1 aromatic heterocycles. The summed E-state index contributed by atoms with van der Waals surface area (Å²) in [6.07, 6.45) is 2.31. The molecule has 2 heterocycles. The van der Waals surface area contributed by atoms with Crippen LogP contribution in [0.1, 0.15) is 42.8 Å². The minimum absolute atomic E-state index is 0.294. The van der Waals surface area contributed by atoms with E-state index in [0.29, 0.717) is 0 Å². The van der Waals surface area contributed by atoms with Gasteiger partial charge in [0.05, 0.1) is 11.2 Å². The first kappa shape index (κ1) is 12.0. The first-order valence-corrected chi connectivity index (χ1v) is 6.82. The SMILES string of the molecule is CCCN1CCc2nc(C(C)(C)N)sc2C1. The second-order valence-corrected chi connectivity index (χ2v) is 6.22. The molecule has 0 saturated carbocycles. The Morgan fingerprint density at radius 3 is 2.88 bits per heavy atom. The lowest BCUT2D eigenvalue weighted by Crippen LogP contribution is -2.30. The van der Waals surface area contributed by atoms with E-state index >= 15 is 0 Å². The quantitative estimate of drug-likeness (QED) is 0.878. The van der Waals surface area contributed by atoms with Crippen LogP contribution in [0.3, 0.4) is 0 Å². The van der Waals surface area contributed by atoms with Gasteiger partial charge in [0.2, 0.25) is 0 Å². The van der Waals surface area contributed by atoms with Crippen LogP contribution < -0.4 is 5.73 Å². The van der Waals surface area contributed by atoms with E-state index in [4.69, 9.17) is 5.73 Å². The summed E-state index contributed by atoms with van der Waals surface area (Å²) in [5.41, 5.74) is 7.09. The zero-order valence-electron chi connectivity index (χ0n) is 10.4. The summed E-state index contributed by atoms with van der Waals surface area (Å²) in [4.78, 5) is 8.62. The minimum atomic E-state index is -0.294. The molecule has 1 aromatic rings. The minimum Gasteiger partial charge on any atom is -0.320 e. The highest BCUT2D eigenvalue weighted by Crippen LogP contribution is 2.30. The Balaban J connectivity index is 2.17. The molecule has 1 aliphatic heterocycles. The molecule has 0 aliphatic carbocycles. The van der Waals surface area contributed by atoms with Gasteiger partial charge in [0.15, 0.2) is 0 Å². The number of hydrogen-bond donors (Lipinski definition) is 1. The number of fused-ring (bicyclic) bond motifs is 1. The van der Waals surface area contributed by atoms with Gasteiger partial charge in [-0.3, -0.25) is 4.90 Å². The van der Waals surface area contributed by atoms with Crippen LogP contribution in [0.25, 0.3) is 0 Å². The van der Waals surface area contributed by atoms with Gasteiger partial charge >= 0.3 is 0 Å². The Labute approximate surface area is 102 Å². The highest BCUT2D eigenvalue weighted by molar-refractivity contribution is 7.11. The van der Waals surface area contributed by atoms with Crippen LogP contribution in [0.2, 0.25) is 0 Å². The van der Waals surface area contributed by atoms with Crippen molar-refractivity contribution in [2.75, 3.05) is 13.1 Å². The highest BCUT2D eigenvalue weighted by atomic mass is 32.1. The summed E-state index contributed by atoms with van der Waals surface area (Å²) in [5, 5.41) is 1.08. The fraction of sp³-hybridized carbons (Fsp3) is 0.750. The molecule has 0 unspecified atom stereocenters. The van der Waals surface area contributed by atoms with E-state index in [1.807, 2.05) is 13.8 Å². The van der Waals surface area contributed by atoms with Gasteiger partial charge in [-0.15, -0.1) is 11.3 Å². The third-order valence-electron chi connectivity index (χ3n) is 2.90. The van der Waals surface area contributed by atoms with Gasteiger partial charge < -0.3 is 5.73 Å². The third kappa shape index (κ3) is 2.44. The normalized spacial score (nSPS) is 17.5. The molecule has 0 atom stereocenters. The van der Waals surface area contributed by atoms with Crippen LogP contribution in [0.15, 0.2) is 0 Å². The first-order valence-electron chi connectivity index (χ1n) is 6.01. The Morgan fingerprint density at radius 2 is 2.25 bits per heavy atom. The van der Waals surface area contributed by atoms with Crippen LogP contribution in [0.5, 0.6) is 0 Å². The first-order chi connectivity index (χ1) is 7.50. The molecule has 0 radical (unpaired) electrons. The summed E-state index contributed by atoms with van der Waals surface area (Å²) >= 11 is 1.79. The molecule has 0 saturated heterocycles. The van der Waals surface area contributed by atoms with Crippen LogP contribution in [-0.2, 0) is 18.5 Å². The van der Waals surface area contributed by atoms with E-state index in [9.17, 15) is 0 Å². The lowest BCUT2D eigenvalue weighted by Gasteiger charge is -2.25. The van der Waals surface area contributed by atoms with Gasteiger partial charge in [-0.25, -0.2) is 4.98 Å². The fourth-order valence-electron chi connectivity index (χ4n) is 2.03. The van der Waals surface area contributed by atoms with Crippen LogP contribution in [0, 0.1) is 0 Å². The van der Waals surface area contributed by atoms with Crippen molar-refractivity contribution in [1.82, 2.24) is 9.88 Å². The highest BCUT2D eigenvalue weighted by Gasteiger charge is 2.25. The second kappa shape index (κ2) is 4.43. The molecule has 2 rings (SSSR count). The molecular formula is C12H21N3S. The number of thiazole rings is 1. The zero-order chi connectivity index (χ0) is 11.8. The molecule has 0 fully saturated rings. The molecule has 3 nitrogen and oxygen atoms in total. The maximum Gasteiger partial charge on any atom is 0.113 e. The molecule has 90 valence electrons. The average Bonchev–Trinajstić information content (AvgIpc) is 2.60. The molecule has 2 N–H and O–H groups in total. The smallest absolute Gasteiger partial charge is 0.113 e. The molecule has 4 heteroatoms. The molecule has 0 spiro atoms. The van der Waals surface area contributed by atoms with Crippen molar-refractivity contribution in [1.29, 1.82) is 0 Å². The lowest BCUT2D eigenvalue weighted by atomic mass is 10.1. The number of nitrogens with two attached hydrogens (primary N) is 1. The number of hydrogen-bond acceptors (Lipinski definition) is 4. The van der Waals surface area contributed by atoms with Crippen LogP contribution >= 0.6 is 11.3 Å². The Kier molecular flexibility index (Phi) is 3.33. The molecule has 16 heavy (non-hydrogen) atoms. The summed E-state index contributed by atoms with van der Waals surface area (Å²) in [5.74, 6) is 0. The fourth-order valence-corrected chi connectivity index (χ4v) is 3.20. The summed E-state index contributed by atoms with van der Waals surface area (Å²) in [6.45, 7) is 9.70. The van der Waals surface area contributed by atoms with E-state index in [2.05, 4.69) is 16.8 Å². The van der Waals surface area contributed by atoms with Gasteiger partial charge in [-0.2, -0.15) is 0 Å². The summed E-state index contributed by atoms with van der Waals surface area (Å²) in [6, 6.07) is 0. The summed E-state index contributed by atoms with van der Waals surface area (Å²) < 4.78 is 0. The Bertz CT molecular complexity index is 365. The monoisotopic (exact) mass is 239 g/mol. The van der Waals surface area contributed by atoms with E-state index in [-0.39, 0.29) is 5.54 Å². The standard InChI is InChI=1S/C12H21N3S/c1-4-6-15-7-5-9-10(8-15)16-11(14-9)12(2,3)13/h4-8,13H2,1-3H3. The van der Waals surface area contributed by atoms with Crippen molar-refractivity contribution in [3.05, 3.63) is 15.6 Å². The van der Waals surface area contributed by atoms with Gasteiger partial charge in [0.25, 0.3) is 0 Å². The Morgan fingerprint density at radius 1 is 1.50 bits per heavy atom. The average molecular weight is 239 g/mol. The summed E-state index contributed by atoms with van der Waals surface area (Å²) in [7, 11) is 0. The van der Waals surface area contributed by atoms with Crippen molar-refractivity contribution >= 4 is 11.3 Å². The van der Waals surface area contributed by atoms with Crippen molar-refractivity contribution in [3.8, 4) is 0 Å². The second-order valence-electron chi connectivity index (χ2n) is 5.14. The topological polar surface area (TPSA) is 42.2 Å². The largest absolute Gasteiger partial charge is 0.320 e. The maximum absolute atomic E-state index is 6.10. The zero-order valence-corrected chi connectivity index (χ0v) is 11.2.